The van der Waals surface area contributed by atoms with E-state index in [0.717, 1.165) is 4.31 Å². The molecule has 0 unspecified atom stereocenters. The fourth-order valence-electron chi connectivity index (χ4n) is 1.52. The topological polar surface area (TPSA) is 102 Å². The first-order valence-corrected chi connectivity index (χ1v) is 7.37. The zero-order valence-electron chi connectivity index (χ0n) is 12.1. The summed E-state index contributed by atoms with van der Waals surface area (Å²) in [6.07, 6.45) is 0. The third-order valence-electron chi connectivity index (χ3n) is 2.62. The first-order chi connectivity index (χ1) is 9.34. The lowest BCUT2D eigenvalue weighted by Gasteiger charge is -2.14. The highest BCUT2D eigenvalue weighted by Crippen LogP contribution is 2.23. The van der Waals surface area contributed by atoms with Crippen molar-refractivity contribution in [2.24, 2.45) is 5.73 Å². The number of nitrogens with two attached hydrogens (primary N) is 1. The molecule has 1 rings (SSSR count). The van der Waals surface area contributed by atoms with E-state index in [4.69, 9.17) is 10.5 Å². The Hall–Kier alpha value is -1.35. The summed E-state index contributed by atoms with van der Waals surface area (Å²) in [5.41, 5.74) is 5.47. The van der Waals surface area contributed by atoms with Gasteiger partial charge >= 0.3 is 0 Å². The second-order valence-electron chi connectivity index (χ2n) is 4.19. The average molecular weight is 338 g/mol. The van der Waals surface area contributed by atoms with E-state index in [1.165, 1.54) is 39.4 Å². The van der Waals surface area contributed by atoms with E-state index in [0.29, 0.717) is 18.8 Å². The minimum atomic E-state index is -3.61. The van der Waals surface area contributed by atoms with Crippen LogP contribution in [0.1, 0.15) is 10.4 Å². The summed E-state index contributed by atoms with van der Waals surface area (Å²) in [4.78, 5) is 12.0. The number of halogens is 1. The number of benzene rings is 1. The van der Waals surface area contributed by atoms with E-state index in [-0.39, 0.29) is 22.9 Å². The number of ether oxygens (including phenoxy) is 1. The maximum atomic E-state index is 12.1. The number of rotatable bonds is 6. The molecule has 0 atom stereocenters. The van der Waals surface area contributed by atoms with E-state index >= 15 is 0 Å². The molecule has 7 nitrogen and oxygen atoms in total. The first-order valence-electron chi connectivity index (χ1n) is 5.93. The maximum Gasteiger partial charge on any atom is 0.255 e. The van der Waals surface area contributed by atoms with Gasteiger partial charge in [0.05, 0.1) is 17.6 Å². The van der Waals surface area contributed by atoms with E-state index in [2.05, 4.69) is 5.32 Å². The van der Waals surface area contributed by atoms with Crippen molar-refractivity contribution >= 4 is 28.3 Å². The van der Waals surface area contributed by atoms with Gasteiger partial charge in [-0.3, -0.25) is 4.79 Å². The summed E-state index contributed by atoms with van der Waals surface area (Å²) < 4.78 is 30.3. The minimum Gasteiger partial charge on any atom is -0.496 e. The Kier molecular flexibility index (Phi) is 7.65. The number of sulfonamides is 1. The summed E-state index contributed by atoms with van der Waals surface area (Å²) in [7, 11) is 0.655. The molecule has 0 bridgehead atoms. The Bertz CT molecular complexity index is 590. The number of hydrogen-bond acceptors (Lipinski definition) is 5. The molecule has 0 heterocycles. The molecule has 9 heteroatoms. The number of amides is 1. The molecule has 0 fully saturated rings. The van der Waals surface area contributed by atoms with Crippen LogP contribution in [-0.4, -0.2) is 52.9 Å². The molecule has 1 aromatic carbocycles. The predicted octanol–water partition coefficient (Wildman–Crippen LogP) is 0.0558. The van der Waals surface area contributed by atoms with Crippen LogP contribution in [0.15, 0.2) is 23.1 Å². The summed E-state index contributed by atoms with van der Waals surface area (Å²) in [6, 6.07) is 4.14. The van der Waals surface area contributed by atoms with Gasteiger partial charge in [0, 0.05) is 27.2 Å². The molecule has 0 aromatic heterocycles. The Balaban J connectivity index is 0.00000400. The van der Waals surface area contributed by atoms with Crippen LogP contribution < -0.4 is 15.8 Å². The van der Waals surface area contributed by atoms with Gasteiger partial charge in [0.25, 0.3) is 5.91 Å². The lowest BCUT2D eigenvalue weighted by molar-refractivity contribution is 0.0951. The van der Waals surface area contributed by atoms with Gasteiger partial charge in [-0.2, -0.15) is 0 Å². The molecule has 0 saturated carbocycles. The highest BCUT2D eigenvalue weighted by atomic mass is 35.5. The SMILES string of the molecule is COc1ccc(S(=O)(=O)N(C)C)cc1C(=O)NCCN.Cl. The average Bonchev–Trinajstić information content (AvgIpc) is 2.43. The predicted molar refractivity (Wildman–Crippen MR) is 82.5 cm³/mol. The highest BCUT2D eigenvalue weighted by molar-refractivity contribution is 7.89. The smallest absolute Gasteiger partial charge is 0.255 e. The van der Waals surface area contributed by atoms with E-state index in [1.54, 1.807) is 0 Å². The van der Waals surface area contributed by atoms with Crippen molar-refractivity contribution < 1.29 is 17.9 Å². The zero-order valence-corrected chi connectivity index (χ0v) is 13.8. The van der Waals surface area contributed by atoms with Gasteiger partial charge in [-0.25, -0.2) is 12.7 Å². The van der Waals surface area contributed by atoms with Gasteiger partial charge in [0.2, 0.25) is 10.0 Å². The van der Waals surface area contributed by atoms with Gasteiger partial charge in [0.15, 0.2) is 0 Å². The third-order valence-corrected chi connectivity index (χ3v) is 4.44. The first kappa shape index (κ1) is 19.7. The summed E-state index contributed by atoms with van der Waals surface area (Å²) in [5.74, 6) is -0.125. The van der Waals surface area contributed by atoms with E-state index in [1.807, 2.05) is 0 Å². The molecule has 0 spiro atoms. The van der Waals surface area contributed by atoms with Crippen LogP contribution in [0, 0.1) is 0 Å². The third kappa shape index (κ3) is 4.57. The van der Waals surface area contributed by atoms with Crippen LogP contribution in [0.25, 0.3) is 0 Å². The van der Waals surface area contributed by atoms with E-state index in [9.17, 15) is 13.2 Å². The van der Waals surface area contributed by atoms with Crippen LogP contribution in [0.2, 0.25) is 0 Å². The Labute approximate surface area is 130 Å². The largest absolute Gasteiger partial charge is 0.496 e. The molecular weight excluding hydrogens is 318 g/mol. The Morgan fingerprint density at radius 2 is 2.00 bits per heavy atom. The van der Waals surface area contributed by atoms with Gasteiger partial charge in [-0.1, -0.05) is 0 Å². The van der Waals surface area contributed by atoms with Crippen LogP contribution >= 0.6 is 12.4 Å². The Morgan fingerprint density at radius 1 is 1.38 bits per heavy atom. The molecule has 120 valence electrons. The molecule has 21 heavy (non-hydrogen) atoms. The number of carbonyl (C=O) groups excluding carboxylic acids is 1. The molecule has 1 aromatic rings. The standard InChI is InChI=1S/C12H19N3O4S.ClH/c1-15(2)20(17,18)9-4-5-11(19-3)10(8-9)12(16)14-7-6-13;/h4-5,8H,6-7,13H2,1-3H3,(H,14,16);1H. The molecular formula is C12H20ClN3O4S. The number of nitrogens with zero attached hydrogens (tertiary/aromatic N) is 1. The normalized spacial score (nSPS) is 10.9. The van der Waals surface area contributed by atoms with Crippen molar-refractivity contribution in [3.8, 4) is 5.75 Å². The molecule has 0 aliphatic heterocycles. The van der Waals surface area contributed by atoms with Crippen LogP contribution in [0.4, 0.5) is 0 Å². The number of carbonyl (C=O) groups is 1. The molecule has 0 radical (unpaired) electrons. The number of methoxy groups -OCH3 is 1. The van der Waals surface area contributed by atoms with Crippen molar-refractivity contribution in [1.29, 1.82) is 0 Å². The molecule has 3 N–H and O–H groups in total. The lowest BCUT2D eigenvalue weighted by atomic mass is 10.2. The second kappa shape index (κ2) is 8.18. The van der Waals surface area contributed by atoms with Crippen LogP contribution in [-0.2, 0) is 10.0 Å². The molecule has 0 aliphatic carbocycles. The molecule has 0 aliphatic rings. The monoisotopic (exact) mass is 337 g/mol. The molecule has 0 saturated heterocycles. The summed E-state index contributed by atoms with van der Waals surface area (Å²) in [6.45, 7) is 0.594. The van der Waals surface area contributed by atoms with Crippen molar-refractivity contribution in [3.63, 3.8) is 0 Å². The highest BCUT2D eigenvalue weighted by Gasteiger charge is 2.21. The minimum absolute atomic E-state index is 0. The van der Waals surface area contributed by atoms with Gasteiger partial charge in [0.1, 0.15) is 5.75 Å². The van der Waals surface area contributed by atoms with Crippen molar-refractivity contribution in [2.45, 2.75) is 4.90 Å². The molecule has 1 amide bonds. The number of hydrogen-bond donors (Lipinski definition) is 2. The zero-order chi connectivity index (χ0) is 15.3. The lowest BCUT2D eigenvalue weighted by Crippen LogP contribution is -2.29. The van der Waals surface area contributed by atoms with Gasteiger partial charge in [-0.15, -0.1) is 12.4 Å². The maximum absolute atomic E-state index is 12.1. The quantitative estimate of drug-likeness (QED) is 0.764. The fraction of sp³-hybridized carbons (Fsp3) is 0.417. The van der Waals surface area contributed by atoms with Crippen molar-refractivity contribution in [3.05, 3.63) is 23.8 Å². The van der Waals surface area contributed by atoms with Crippen molar-refractivity contribution in [1.82, 2.24) is 9.62 Å². The van der Waals surface area contributed by atoms with E-state index < -0.39 is 15.9 Å². The van der Waals surface area contributed by atoms with Crippen molar-refractivity contribution in [2.75, 3.05) is 34.3 Å². The summed E-state index contributed by atoms with van der Waals surface area (Å²) >= 11 is 0. The summed E-state index contributed by atoms with van der Waals surface area (Å²) in [5, 5.41) is 2.58. The fourth-order valence-corrected chi connectivity index (χ4v) is 2.45. The second-order valence-corrected chi connectivity index (χ2v) is 6.35. The van der Waals surface area contributed by atoms with Gasteiger partial charge < -0.3 is 15.8 Å². The number of nitrogens with one attached hydrogen (secondary N) is 1. The van der Waals surface area contributed by atoms with Gasteiger partial charge in [-0.05, 0) is 18.2 Å². The van der Waals surface area contributed by atoms with Crippen LogP contribution in [0.3, 0.4) is 0 Å². The Morgan fingerprint density at radius 3 is 2.48 bits per heavy atom. The van der Waals surface area contributed by atoms with Crippen LogP contribution in [0.5, 0.6) is 5.75 Å².